The van der Waals surface area contributed by atoms with E-state index >= 15 is 0 Å². The van der Waals surface area contributed by atoms with Crippen LogP contribution in [0.3, 0.4) is 0 Å². The van der Waals surface area contributed by atoms with Crippen molar-refractivity contribution in [2.45, 2.75) is 77.4 Å². The summed E-state index contributed by atoms with van der Waals surface area (Å²) in [6.07, 6.45) is 7.17. The fourth-order valence-corrected chi connectivity index (χ4v) is 5.51. The van der Waals surface area contributed by atoms with Gasteiger partial charge in [-0.1, -0.05) is 22.6 Å². The number of amides is 3. The van der Waals surface area contributed by atoms with Gasteiger partial charge in [0.25, 0.3) is 0 Å². The SMILES string of the molecule is COC(=O)C[C@H](NC(=O)[C@@H]1CCCN(C(=O)CCC2CCN(C(=O)OC(C)(C)C)CC2)C1)c1cncc(OCCI)c1. The number of esters is 1. The highest BCUT2D eigenvalue weighted by Crippen LogP contribution is 2.26. The van der Waals surface area contributed by atoms with Crippen LogP contribution in [0.2, 0.25) is 0 Å². The number of alkyl halides is 1. The van der Waals surface area contributed by atoms with E-state index in [1.165, 1.54) is 7.11 Å². The van der Waals surface area contributed by atoms with Crippen molar-refractivity contribution < 1.29 is 33.4 Å². The van der Waals surface area contributed by atoms with Gasteiger partial charge in [0.15, 0.2) is 0 Å². The number of nitrogens with zero attached hydrogens (tertiary/aromatic N) is 3. The summed E-state index contributed by atoms with van der Waals surface area (Å²) >= 11 is 2.22. The number of halogens is 1. The lowest BCUT2D eigenvalue weighted by molar-refractivity contribution is -0.141. The van der Waals surface area contributed by atoms with Crippen molar-refractivity contribution in [3.63, 3.8) is 0 Å². The summed E-state index contributed by atoms with van der Waals surface area (Å²) in [6, 6.07) is 1.15. The molecule has 0 aliphatic carbocycles. The predicted molar refractivity (Wildman–Crippen MR) is 165 cm³/mol. The Morgan fingerprint density at radius 3 is 2.50 bits per heavy atom. The van der Waals surface area contributed by atoms with Crippen LogP contribution < -0.4 is 10.1 Å². The number of carbonyl (C=O) groups is 4. The van der Waals surface area contributed by atoms with Crippen LogP contribution in [0.25, 0.3) is 0 Å². The van der Waals surface area contributed by atoms with Crippen LogP contribution in [0.1, 0.15) is 77.3 Å². The Labute approximate surface area is 262 Å². The van der Waals surface area contributed by atoms with Gasteiger partial charge in [-0.05, 0) is 70.4 Å². The number of ether oxygens (including phenoxy) is 3. The van der Waals surface area contributed by atoms with Crippen molar-refractivity contribution in [2.24, 2.45) is 11.8 Å². The second-order valence-electron chi connectivity index (χ2n) is 12.0. The van der Waals surface area contributed by atoms with Gasteiger partial charge in [-0.3, -0.25) is 19.4 Å². The number of pyridine rings is 1. The fraction of sp³-hybridized carbons (Fsp3) is 0.700. The molecule has 11 nitrogen and oxygen atoms in total. The fourth-order valence-electron chi connectivity index (χ4n) is 5.29. The molecule has 0 spiro atoms. The Morgan fingerprint density at radius 2 is 1.83 bits per heavy atom. The Balaban J connectivity index is 1.51. The Kier molecular flexibility index (Phi) is 13.1. The molecular formula is C30H45IN4O7. The van der Waals surface area contributed by atoms with E-state index in [-0.39, 0.29) is 30.2 Å². The third kappa shape index (κ3) is 10.9. The molecule has 1 aromatic heterocycles. The average Bonchev–Trinajstić information content (AvgIpc) is 2.97. The van der Waals surface area contributed by atoms with Crippen molar-refractivity contribution in [1.29, 1.82) is 0 Å². The normalized spacial score (nSPS) is 18.6. The van der Waals surface area contributed by atoms with Crippen molar-refractivity contribution >= 4 is 46.5 Å². The molecule has 3 heterocycles. The lowest BCUT2D eigenvalue weighted by Crippen LogP contribution is -2.46. The highest BCUT2D eigenvalue weighted by Gasteiger charge is 2.32. The van der Waals surface area contributed by atoms with E-state index in [2.05, 4.69) is 32.9 Å². The number of nitrogens with one attached hydrogen (secondary N) is 1. The molecule has 2 fully saturated rings. The lowest BCUT2D eigenvalue weighted by Gasteiger charge is -2.35. The molecule has 3 amide bonds. The van der Waals surface area contributed by atoms with Crippen LogP contribution in [0.4, 0.5) is 4.79 Å². The third-order valence-corrected chi connectivity index (χ3v) is 8.02. The quantitative estimate of drug-likeness (QED) is 0.206. The number of aromatic nitrogens is 1. The van der Waals surface area contributed by atoms with Gasteiger partial charge >= 0.3 is 12.1 Å². The van der Waals surface area contributed by atoms with Crippen molar-refractivity contribution in [3.8, 4) is 5.75 Å². The topological polar surface area (TPSA) is 127 Å². The second-order valence-corrected chi connectivity index (χ2v) is 13.0. The minimum atomic E-state index is -0.627. The van der Waals surface area contributed by atoms with E-state index in [4.69, 9.17) is 14.2 Å². The molecule has 234 valence electrons. The second kappa shape index (κ2) is 16.3. The zero-order valence-corrected chi connectivity index (χ0v) is 27.4. The molecule has 0 bridgehead atoms. The molecule has 2 aliphatic rings. The Bertz CT molecular complexity index is 1070. The summed E-state index contributed by atoms with van der Waals surface area (Å²) in [5.41, 5.74) is 0.137. The molecular weight excluding hydrogens is 655 g/mol. The molecule has 0 saturated carbocycles. The Hall–Kier alpha value is -2.64. The molecule has 1 N–H and O–H groups in total. The smallest absolute Gasteiger partial charge is 0.410 e. The summed E-state index contributed by atoms with van der Waals surface area (Å²) in [4.78, 5) is 58.7. The van der Waals surface area contributed by atoms with Gasteiger partial charge in [0.05, 0.1) is 38.3 Å². The highest BCUT2D eigenvalue weighted by molar-refractivity contribution is 14.1. The summed E-state index contributed by atoms with van der Waals surface area (Å²) in [5.74, 6) is -0.0198. The number of rotatable bonds is 11. The third-order valence-electron chi connectivity index (χ3n) is 7.58. The zero-order chi connectivity index (χ0) is 30.7. The standard InChI is InChI=1S/C30H45IN4O7/c1-30(2,3)42-29(39)34-13-9-21(10-14-34)7-8-26(36)35-12-5-6-22(20-35)28(38)33-25(17-27(37)40-4)23-16-24(19-32-18-23)41-15-11-31/h16,18-19,21-22,25H,5-15,17,20H2,1-4H3,(H,33,38)/t22-,25+/m1/s1. The molecule has 0 unspecified atom stereocenters. The van der Waals surface area contributed by atoms with E-state index in [1.807, 2.05) is 20.8 Å². The number of hydrogen-bond donors (Lipinski definition) is 1. The number of carbonyl (C=O) groups excluding carboxylic acids is 4. The van der Waals surface area contributed by atoms with Gasteiger partial charge in [0.1, 0.15) is 11.4 Å². The van der Waals surface area contributed by atoms with Crippen molar-refractivity contribution in [2.75, 3.05) is 44.3 Å². The van der Waals surface area contributed by atoms with E-state index < -0.39 is 17.6 Å². The molecule has 2 aliphatic heterocycles. The molecule has 2 saturated heterocycles. The van der Waals surface area contributed by atoms with Gasteiger partial charge in [-0.15, -0.1) is 0 Å². The first-order chi connectivity index (χ1) is 20.0. The maximum Gasteiger partial charge on any atom is 0.410 e. The largest absolute Gasteiger partial charge is 0.491 e. The van der Waals surface area contributed by atoms with Gasteiger partial charge in [-0.25, -0.2) is 4.79 Å². The summed E-state index contributed by atoms with van der Waals surface area (Å²) < 4.78 is 16.8. The van der Waals surface area contributed by atoms with Crippen LogP contribution in [0.5, 0.6) is 5.75 Å². The van der Waals surface area contributed by atoms with Crippen LogP contribution in [0, 0.1) is 11.8 Å². The molecule has 0 aromatic carbocycles. The average molecular weight is 701 g/mol. The highest BCUT2D eigenvalue weighted by atomic mass is 127. The maximum atomic E-state index is 13.4. The lowest BCUT2D eigenvalue weighted by atomic mass is 9.91. The van der Waals surface area contributed by atoms with Crippen LogP contribution in [0.15, 0.2) is 18.5 Å². The first-order valence-corrected chi connectivity index (χ1v) is 16.3. The summed E-state index contributed by atoms with van der Waals surface area (Å²) in [6.45, 7) is 8.35. The van der Waals surface area contributed by atoms with E-state index in [0.29, 0.717) is 62.9 Å². The van der Waals surface area contributed by atoms with Crippen LogP contribution >= 0.6 is 22.6 Å². The van der Waals surface area contributed by atoms with Crippen LogP contribution in [-0.4, -0.2) is 88.6 Å². The van der Waals surface area contributed by atoms with E-state index in [9.17, 15) is 19.2 Å². The molecule has 42 heavy (non-hydrogen) atoms. The molecule has 3 rings (SSSR count). The Morgan fingerprint density at radius 1 is 1.10 bits per heavy atom. The maximum absolute atomic E-state index is 13.4. The first-order valence-electron chi connectivity index (χ1n) is 14.8. The number of piperidine rings is 2. The number of methoxy groups -OCH3 is 1. The molecule has 12 heteroatoms. The van der Waals surface area contributed by atoms with Gasteiger partial charge in [0.2, 0.25) is 11.8 Å². The minimum Gasteiger partial charge on any atom is -0.491 e. The summed E-state index contributed by atoms with van der Waals surface area (Å²) in [5, 5.41) is 3.00. The van der Waals surface area contributed by atoms with Crippen molar-refractivity contribution in [1.82, 2.24) is 20.1 Å². The molecule has 0 radical (unpaired) electrons. The predicted octanol–water partition coefficient (Wildman–Crippen LogP) is 4.28. The first kappa shape index (κ1) is 33.9. The van der Waals surface area contributed by atoms with Gasteiger partial charge < -0.3 is 29.3 Å². The monoisotopic (exact) mass is 700 g/mol. The number of hydrogen-bond acceptors (Lipinski definition) is 8. The minimum absolute atomic E-state index is 0.0399. The van der Waals surface area contributed by atoms with Gasteiger partial charge in [0, 0.05) is 43.2 Å². The van der Waals surface area contributed by atoms with Crippen LogP contribution in [-0.2, 0) is 23.9 Å². The van der Waals surface area contributed by atoms with Crippen molar-refractivity contribution in [3.05, 3.63) is 24.0 Å². The van der Waals surface area contributed by atoms with E-state index in [0.717, 1.165) is 30.1 Å². The van der Waals surface area contributed by atoms with E-state index in [1.54, 1.807) is 28.3 Å². The number of likely N-dealkylation sites (tertiary alicyclic amines) is 2. The summed E-state index contributed by atoms with van der Waals surface area (Å²) in [7, 11) is 1.31. The molecule has 2 atom stereocenters. The molecule has 1 aromatic rings. The zero-order valence-electron chi connectivity index (χ0n) is 25.2. The van der Waals surface area contributed by atoms with Gasteiger partial charge in [-0.2, -0.15) is 0 Å².